The van der Waals surface area contributed by atoms with Gasteiger partial charge in [-0.2, -0.15) is 13.2 Å². The molecule has 0 aliphatic heterocycles. The smallest absolute Gasteiger partial charge is 0.422 e. The maximum absolute atomic E-state index is 12.5. The Morgan fingerprint density at radius 2 is 1.93 bits per heavy atom. The number of carbonyl (C=O) groups is 2. The minimum atomic E-state index is -4.46. The monoisotopic (exact) mass is 409 g/mol. The average Bonchev–Trinajstić information content (AvgIpc) is 2.63. The molecule has 0 saturated heterocycles. The molecule has 0 aliphatic rings. The summed E-state index contributed by atoms with van der Waals surface area (Å²) < 4.78 is 41.3. The minimum absolute atomic E-state index is 0.0256. The Balaban J connectivity index is 2.02. The number of carbonyl (C=O) groups excluding carboxylic acids is 2. The van der Waals surface area contributed by atoms with Crippen molar-refractivity contribution >= 4 is 11.7 Å². The van der Waals surface area contributed by atoms with Crippen LogP contribution in [0.2, 0.25) is 0 Å². The summed E-state index contributed by atoms with van der Waals surface area (Å²) in [4.78, 5) is 32.4. The molecule has 156 valence electrons. The van der Waals surface area contributed by atoms with Gasteiger partial charge in [0.1, 0.15) is 5.78 Å². The molecule has 2 aromatic rings. The van der Waals surface area contributed by atoms with E-state index >= 15 is 0 Å². The molecular formula is C20H22F3N3O3. The second kappa shape index (κ2) is 9.49. The summed E-state index contributed by atoms with van der Waals surface area (Å²) in [5, 5.41) is 2.69. The standard InChI is InChI=1S/C20H22F3N3O3/c1-12(2)17(27)9-16-8-15(6-13(3)26-16)19(28)25-10-14-4-5-24-18(7-14)29-11-20(21,22)23/h4-8,12H,9-11H2,1-3H3,(H,25,28). The molecule has 0 bridgehead atoms. The second-order valence-electron chi connectivity index (χ2n) is 6.88. The first-order chi connectivity index (χ1) is 13.5. The number of ether oxygens (including phenoxy) is 1. The fourth-order valence-corrected chi connectivity index (χ4v) is 2.42. The average molecular weight is 409 g/mol. The zero-order chi connectivity index (χ0) is 21.6. The number of hydrogen-bond acceptors (Lipinski definition) is 5. The molecule has 6 nitrogen and oxygen atoms in total. The Bertz CT molecular complexity index is 883. The molecule has 0 radical (unpaired) electrons. The number of halogens is 3. The van der Waals surface area contributed by atoms with Gasteiger partial charge in [-0.1, -0.05) is 13.8 Å². The van der Waals surface area contributed by atoms with E-state index in [2.05, 4.69) is 20.0 Å². The van der Waals surface area contributed by atoms with Crippen molar-refractivity contribution in [3.8, 4) is 5.88 Å². The van der Waals surface area contributed by atoms with Gasteiger partial charge in [-0.15, -0.1) is 0 Å². The summed E-state index contributed by atoms with van der Waals surface area (Å²) in [6, 6.07) is 6.05. The van der Waals surface area contributed by atoms with Crippen LogP contribution in [0.15, 0.2) is 30.5 Å². The molecular weight excluding hydrogens is 387 g/mol. The number of amides is 1. The van der Waals surface area contributed by atoms with E-state index < -0.39 is 12.8 Å². The molecule has 2 rings (SSSR count). The van der Waals surface area contributed by atoms with Crippen molar-refractivity contribution in [3.05, 3.63) is 53.0 Å². The molecule has 2 heterocycles. The Labute approximate surface area is 166 Å². The van der Waals surface area contributed by atoms with Gasteiger partial charge in [0.25, 0.3) is 5.91 Å². The van der Waals surface area contributed by atoms with E-state index in [1.54, 1.807) is 39.0 Å². The van der Waals surface area contributed by atoms with E-state index in [9.17, 15) is 22.8 Å². The third-order valence-corrected chi connectivity index (χ3v) is 3.90. The van der Waals surface area contributed by atoms with Crippen LogP contribution in [0.25, 0.3) is 0 Å². The van der Waals surface area contributed by atoms with Gasteiger partial charge in [-0.25, -0.2) is 4.98 Å². The molecule has 0 aliphatic carbocycles. The van der Waals surface area contributed by atoms with E-state index in [-0.39, 0.29) is 36.5 Å². The molecule has 0 saturated carbocycles. The van der Waals surface area contributed by atoms with Crippen molar-refractivity contribution in [1.29, 1.82) is 0 Å². The maximum atomic E-state index is 12.5. The van der Waals surface area contributed by atoms with Gasteiger partial charge >= 0.3 is 6.18 Å². The molecule has 29 heavy (non-hydrogen) atoms. The predicted octanol–water partition coefficient (Wildman–Crippen LogP) is 3.42. The summed E-state index contributed by atoms with van der Waals surface area (Å²) in [5.41, 5.74) is 2.01. The fourth-order valence-electron chi connectivity index (χ4n) is 2.42. The van der Waals surface area contributed by atoms with Crippen LogP contribution in [0.5, 0.6) is 5.88 Å². The lowest BCUT2D eigenvalue weighted by Crippen LogP contribution is -2.24. The molecule has 2 aromatic heterocycles. The van der Waals surface area contributed by atoms with Crippen LogP contribution in [-0.4, -0.2) is 34.4 Å². The summed E-state index contributed by atoms with van der Waals surface area (Å²) in [5.74, 6) is -0.667. The Morgan fingerprint density at radius 3 is 2.59 bits per heavy atom. The van der Waals surface area contributed by atoms with E-state index in [4.69, 9.17) is 0 Å². The van der Waals surface area contributed by atoms with Crippen LogP contribution in [0.3, 0.4) is 0 Å². The Hall–Kier alpha value is -2.97. The van der Waals surface area contributed by atoms with Gasteiger partial charge in [0.15, 0.2) is 6.61 Å². The molecule has 0 fully saturated rings. The van der Waals surface area contributed by atoms with Gasteiger partial charge in [0, 0.05) is 48.1 Å². The van der Waals surface area contributed by atoms with Gasteiger partial charge in [0.2, 0.25) is 5.88 Å². The van der Waals surface area contributed by atoms with Crippen LogP contribution >= 0.6 is 0 Å². The van der Waals surface area contributed by atoms with Gasteiger partial charge in [0.05, 0.1) is 0 Å². The summed E-state index contributed by atoms with van der Waals surface area (Å²) in [7, 11) is 0. The Kier molecular flexibility index (Phi) is 7.30. The normalized spacial score (nSPS) is 11.4. The minimum Gasteiger partial charge on any atom is -0.468 e. The van der Waals surface area contributed by atoms with Crippen molar-refractivity contribution in [2.45, 2.75) is 39.9 Å². The summed E-state index contributed by atoms with van der Waals surface area (Å²) in [6.45, 7) is 3.96. The number of rotatable bonds is 8. The number of nitrogens with one attached hydrogen (secondary N) is 1. The van der Waals surface area contributed by atoms with Crippen molar-refractivity contribution in [2.75, 3.05) is 6.61 Å². The maximum Gasteiger partial charge on any atom is 0.422 e. The zero-order valence-corrected chi connectivity index (χ0v) is 16.3. The lowest BCUT2D eigenvalue weighted by molar-refractivity contribution is -0.154. The van der Waals surface area contributed by atoms with E-state index in [0.717, 1.165) is 0 Å². The molecule has 9 heteroatoms. The second-order valence-corrected chi connectivity index (χ2v) is 6.88. The van der Waals surface area contributed by atoms with Crippen molar-refractivity contribution in [3.63, 3.8) is 0 Å². The highest BCUT2D eigenvalue weighted by atomic mass is 19.4. The molecule has 1 N–H and O–H groups in total. The predicted molar refractivity (Wildman–Crippen MR) is 99.5 cm³/mol. The molecule has 0 unspecified atom stereocenters. The fraction of sp³-hybridized carbons (Fsp3) is 0.400. The highest BCUT2D eigenvalue weighted by Gasteiger charge is 2.28. The van der Waals surface area contributed by atoms with Crippen LogP contribution in [-0.2, 0) is 17.8 Å². The van der Waals surface area contributed by atoms with Crippen LogP contribution in [0.1, 0.15) is 41.2 Å². The number of ketones is 1. The number of aryl methyl sites for hydroxylation is 1. The van der Waals surface area contributed by atoms with Gasteiger partial charge in [-0.05, 0) is 30.7 Å². The topological polar surface area (TPSA) is 81.2 Å². The molecule has 0 spiro atoms. The van der Waals surface area contributed by atoms with Crippen LogP contribution in [0, 0.1) is 12.8 Å². The third-order valence-electron chi connectivity index (χ3n) is 3.90. The number of alkyl halides is 3. The lowest BCUT2D eigenvalue weighted by Gasteiger charge is -2.11. The summed E-state index contributed by atoms with van der Waals surface area (Å²) >= 11 is 0. The largest absolute Gasteiger partial charge is 0.468 e. The third kappa shape index (κ3) is 7.52. The highest BCUT2D eigenvalue weighted by Crippen LogP contribution is 2.17. The number of nitrogens with zero attached hydrogens (tertiary/aromatic N) is 2. The van der Waals surface area contributed by atoms with Crippen molar-refractivity contribution in [2.24, 2.45) is 5.92 Å². The van der Waals surface area contributed by atoms with Gasteiger partial charge in [-0.3, -0.25) is 14.6 Å². The van der Waals surface area contributed by atoms with Crippen molar-refractivity contribution in [1.82, 2.24) is 15.3 Å². The molecule has 0 aromatic carbocycles. The number of aromatic nitrogens is 2. The van der Waals surface area contributed by atoms with E-state index in [1.165, 1.54) is 12.3 Å². The first-order valence-electron chi connectivity index (χ1n) is 8.96. The number of pyridine rings is 2. The molecule has 1 amide bonds. The van der Waals surface area contributed by atoms with Crippen molar-refractivity contribution < 1.29 is 27.5 Å². The summed E-state index contributed by atoms with van der Waals surface area (Å²) in [6.07, 6.45) is -3.01. The Morgan fingerprint density at radius 1 is 1.21 bits per heavy atom. The first kappa shape index (κ1) is 22.3. The van der Waals surface area contributed by atoms with E-state index in [0.29, 0.717) is 22.5 Å². The highest BCUT2D eigenvalue weighted by molar-refractivity contribution is 5.94. The lowest BCUT2D eigenvalue weighted by atomic mass is 10.0. The first-order valence-corrected chi connectivity index (χ1v) is 8.96. The van der Waals surface area contributed by atoms with Gasteiger partial charge < -0.3 is 10.1 Å². The quantitative estimate of drug-likeness (QED) is 0.723. The SMILES string of the molecule is Cc1cc(C(=O)NCc2ccnc(OCC(F)(F)F)c2)cc(CC(=O)C(C)C)n1. The zero-order valence-electron chi connectivity index (χ0n) is 16.3. The number of Topliss-reactive ketones (excluding diaryl/α,β-unsaturated/α-hetero) is 1. The number of hydrogen-bond donors (Lipinski definition) is 1. The molecule has 0 atom stereocenters. The van der Waals surface area contributed by atoms with Crippen LogP contribution < -0.4 is 10.1 Å². The van der Waals surface area contributed by atoms with Crippen LogP contribution in [0.4, 0.5) is 13.2 Å². The van der Waals surface area contributed by atoms with E-state index in [1.807, 2.05) is 0 Å².